The third-order valence-corrected chi connectivity index (χ3v) is 4.19. The van der Waals surface area contributed by atoms with E-state index in [1.807, 2.05) is 11.3 Å². The SMILES string of the molecule is Cc1cc(CCC2(N)CC2)sc1C. The molecule has 2 rings (SSSR count). The number of aryl methyl sites for hydroxylation is 3. The van der Waals surface area contributed by atoms with E-state index in [4.69, 9.17) is 5.73 Å². The van der Waals surface area contributed by atoms with E-state index in [9.17, 15) is 0 Å². The Balaban J connectivity index is 1.94. The summed E-state index contributed by atoms with van der Waals surface area (Å²) in [6.07, 6.45) is 4.81. The first-order valence-electron chi connectivity index (χ1n) is 4.94. The van der Waals surface area contributed by atoms with Crippen molar-refractivity contribution in [3.63, 3.8) is 0 Å². The molecule has 1 aromatic heterocycles. The molecule has 1 nitrogen and oxygen atoms in total. The average Bonchev–Trinajstić information content (AvgIpc) is 2.72. The molecule has 0 aromatic carbocycles. The van der Waals surface area contributed by atoms with Crippen molar-refractivity contribution >= 4 is 11.3 Å². The Morgan fingerprint density at radius 2 is 2.15 bits per heavy atom. The van der Waals surface area contributed by atoms with Crippen LogP contribution < -0.4 is 5.73 Å². The highest BCUT2D eigenvalue weighted by atomic mass is 32.1. The number of thiophene rings is 1. The van der Waals surface area contributed by atoms with Crippen LogP contribution >= 0.6 is 11.3 Å². The Labute approximate surface area is 84.0 Å². The average molecular weight is 195 g/mol. The maximum absolute atomic E-state index is 6.04. The molecule has 2 N–H and O–H groups in total. The second-order valence-electron chi connectivity index (χ2n) is 4.31. The van der Waals surface area contributed by atoms with E-state index in [1.54, 1.807) is 0 Å². The lowest BCUT2D eigenvalue weighted by Crippen LogP contribution is -2.21. The molecule has 0 unspecified atom stereocenters. The number of rotatable bonds is 3. The van der Waals surface area contributed by atoms with Gasteiger partial charge in [-0.2, -0.15) is 0 Å². The molecule has 1 saturated carbocycles. The van der Waals surface area contributed by atoms with Crippen LogP contribution in [0.4, 0.5) is 0 Å². The normalized spacial score (nSPS) is 19.0. The van der Waals surface area contributed by atoms with Gasteiger partial charge in [-0.15, -0.1) is 11.3 Å². The molecule has 0 aliphatic heterocycles. The van der Waals surface area contributed by atoms with Crippen LogP contribution in [0.25, 0.3) is 0 Å². The van der Waals surface area contributed by atoms with Gasteiger partial charge in [0.1, 0.15) is 0 Å². The Morgan fingerprint density at radius 3 is 2.62 bits per heavy atom. The quantitative estimate of drug-likeness (QED) is 0.788. The fourth-order valence-corrected chi connectivity index (χ4v) is 2.61. The second-order valence-corrected chi connectivity index (χ2v) is 5.66. The van der Waals surface area contributed by atoms with Crippen LogP contribution in [-0.2, 0) is 6.42 Å². The molecule has 1 aliphatic carbocycles. The van der Waals surface area contributed by atoms with Crippen molar-refractivity contribution < 1.29 is 0 Å². The Morgan fingerprint density at radius 1 is 1.46 bits per heavy atom. The zero-order valence-corrected chi connectivity index (χ0v) is 9.21. The summed E-state index contributed by atoms with van der Waals surface area (Å²) in [5, 5.41) is 0. The van der Waals surface area contributed by atoms with Crippen LogP contribution in [0, 0.1) is 13.8 Å². The monoisotopic (exact) mass is 195 g/mol. The van der Waals surface area contributed by atoms with Gasteiger partial charge in [0.05, 0.1) is 0 Å². The molecule has 0 saturated heterocycles. The standard InChI is InChI=1S/C11H17NS/c1-8-7-10(13-9(8)2)3-4-11(12)5-6-11/h7H,3-6,12H2,1-2H3. The minimum atomic E-state index is 0.214. The van der Waals surface area contributed by atoms with Gasteiger partial charge in [-0.3, -0.25) is 0 Å². The molecule has 1 fully saturated rings. The van der Waals surface area contributed by atoms with Crippen molar-refractivity contribution in [1.29, 1.82) is 0 Å². The largest absolute Gasteiger partial charge is 0.325 e. The van der Waals surface area contributed by atoms with Gasteiger partial charge in [0.2, 0.25) is 0 Å². The summed E-state index contributed by atoms with van der Waals surface area (Å²) in [5.41, 5.74) is 7.69. The van der Waals surface area contributed by atoms with E-state index in [0.29, 0.717) is 0 Å². The van der Waals surface area contributed by atoms with Crippen molar-refractivity contribution in [3.8, 4) is 0 Å². The van der Waals surface area contributed by atoms with Crippen LogP contribution in [0.5, 0.6) is 0 Å². The molecular weight excluding hydrogens is 178 g/mol. The van der Waals surface area contributed by atoms with Gasteiger partial charge in [0, 0.05) is 15.3 Å². The van der Waals surface area contributed by atoms with Crippen LogP contribution in [0.2, 0.25) is 0 Å². The van der Waals surface area contributed by atoms with E-state index in [-0.39, 0.29) is 5.54 Å². The van der Waals surface area contributed by atoms with Crippen LogP contribution in [0.15, 0.2) is 6.07 Å². The Hall–Kier alpha value is -0.340. The minimum absolute atomic E-state index is 0.214. The fourth-order valence-electron chi connectivity index (χ4n) is 1.56. The summed E-state index contributed by atoms with van der Waals surface area (Å²) in [5.74, 6) is 0. The highest BCUT2D eigenvalue weighted by molar-refractivity contribution is 7.12. The highest BCUT2D eigenvalue weighted by Gasteiger charge is 2.37. The third-order valence-electron chi connectivity index (χ3n) is 2.98. The maximum atomic E-state index is 6.04. The van der Waals surface area contributed by atoms with Gasteiger partial charge >= 0.3 is 0 Å². The Bertz CT molecular complexity index is 290. The number of hydrogen-bond donors (Lipinski definition) is 1. The predicted octanol–water partition coefficient (Wildman–Crippen LogP) is 2.79. The lowest BCUT2D eigenvalue weighted by atomic mass is 10.1. The summed E-state index contributed by atoms with van der Waals surface area (Å²) >= 11 is 1.93. The smallest absolute Gasteiger partial charge is 0.0159 e. The van der Waals surface area contributed by atoms with Crippen LogP contribution in [-0.4, -0.2) is 5.54 Å². The first-order valence-corrected chi connectivity index (χ1v) is 5.75. The fraction of sp³-hybridized carbons (Fsp3) is 0.636. The molecule has 72 valence electrons. The van der Waals surface area contributed by atoms with Crippen molar-refractivity contribution in [1.82, 2.24) is 0 Å². The molecule has 13 heavy (non-hydrogen) atoms. The van der Waals surface area contributed by atoms with Crippen molar-refractivity contribution in [2.45, 2.75) is 45.1 Å². The summed E-state index contributed by atoms with van der Waals surface area (Å²) in [6, 6.07) is 2.31. The zero-order chi connectivity index (χ0) is 9.47. The van der Waals surface area contributed by atoms with Gasteiger partial charge in [-0.1, -0.05) is 0 Å². The maximum Gasteiger partial charge on any atom is 0.0159 e. The minimum Gasteiger partial charge on any atom is -0.325 e. The first kappa shape index (κ1) is 9.22. The van der Waals surface area contributed by atoms with Gasteiger partial charge in [-0.05, 0) is 51.2 Å². The van der Waals surface area contributed by atoms with Crippen molar-refractivity contribution in [2.75, 3.05) is 0 Å². The number of hydrogen-bond acceptors (Lipinski definition) is 2. The van der Waals surface area contributed by atoms with E-state index in [2.05, 4.69) is 19.9 Å². The van der Waals surface area contributed by atoms with E-state index < -0.39 is 0 Å². The lowest BCUT2D eigenvalue weighted by molar-refractivity contribution is 0.612. The molecular formula is C11H17NS. The molecule has 0 radical (unpaired) electrons. The Kier molecular flexibility index (Phi) is 2.20. The molecule has 2 heteroatoms. The first-order chi connectivity index (χ1) is 6.09. The van der Waals surface area contributed by atoms with Gasteiger partial charge in [0.25, 0.3) is 0 Å². The number of nitrogens with two attached hydrogens (primary N) is 1. The zero-order valence-electron chi connectivity index (χ0n) is 8.39. The van der Waals surface area contributed by atoms with Crippen LogP contribution in [0.1, 0.15) is 34.6 Å². The van der Waals surface area contributed by atoms with E-state index >= 15 is 0 Å². The van der Waals surface area contributed by atoms with Gasteiger partial charge in [0.15, 0.2) is 0 Å². The molecule has 1 aliphatic rings. The molecule has 0 atom stereocenters. The van der Waals surface area contributed by atoms with E-state index in [0.717, 1.165) is 0 Å². The topological polar surface area (TPSA) is 26.0 Å². The molecule has 1 aromatic rings. The summed E-state index contributed by atoms with van der Waals surface area (Å²) in [4.78, 5) is 2.96. The summed E-state index contributed by atoms with van der Waals surface area (Å²) in [7, 11) is 0. The molecule has 0 bridgehead atoms. The predicted molar refractivity (Wildman–Crippen MR) is 58.3 cm³/mol. The second kappa shape index (κ2) is 3.10. The van der Waals surface area contributed by atoms with Gasteiger partial charge in [-0.25, -0.2) is 0 Å². The van der Waals surface area contributed by atoms with Gasteiger partial charge < -0.3 is 5.73 Å². The third kappa shape index (κ3) is 2.12. The van der Waals surface area contributed by atoms with E-state index in [1.165, 1.54) is 41.0 Å². The van der Waals surface area contributed by atoms with Crippen molar-refractivity contribution in [2.24, 2.45) is 5.73 Å². The summed E-state index contributed by atoms with van der Waals surface area (Å²) < 4.78 is 0. The highest BCUT2D eigenvalue weighted by Crippen LogP contribution is 2.37. The molecule has 0 amide bonds. The van der Waals surface area contributed by atoms with Crippen molar-refractivity contribution in [3.05, 3.63) is 21.4 Å². The van der Waals surface area contributed by atoms with Crippen LogP contribution in [0.3, 0.4) is 0 Å². The molecule has 0 spiro atoms. The summed E-state index contributed by atoms with van der Waals surface area (Å²) in [6.45, 7) is 4.38. The molecule has 1 heterocycles. The lowest BCUT2D eigenvalue weighted by Gasteiger charge is -2.05.